The van der Waals surface area contributed by atoms with Crippen molar-refractivity contribution in [1.29, 1.82) is 5.26 Å². The van der Waals surface area contributed by atoms with Gasteiger partial charge in [0.1, 0.15) is 17.3 Å². The van der Waals surface area contributed by atoms with Gasteiger partial charge < -0.3 is 0 Å². The van der Waals surface area contributed by atoms with Crippen molar-refractivity contribution in [2.45, 2.75) is 40.0 Å². The van der Waals surface area contributed by atoms with Gasteiger partial charge in [0, 0.05) is 29.7 Å². The molecule has 1 aliphatic carbocycles. The molecule has 2 aromatic rings. The Hall–Kier alpha value is -2.94. The van der Waals surface area contributed by atoms with E-state index in [9.17, 15) is 15.4 Å². The minimum absolute atomic E-state index is 0.0316. The second-order valence-electron chi connectivity index (χ2n) is 7.97. The number of non-ortho nitro benzene ring substituents is 1. The lowest BCUT2D eigenvalue weighted by Crippen LogP contribution is -2.32. The largest absolute Gasteiger partial charge is 0.289 e. The molecule has 0 bridgehead atoms. The van der Waals surface area contributed by atoms with Gasteiger partial charge in [0.15, 0.2) is 0 Å². The summed E-state index contributed by atoms with van der Waals surface area (Å²) in [5, 5.41) is 20.6. The molecule has 1 aromatic heterocycles. The summed E-state index contributed by atoms with van der Waals surface area (Å²) in [5.74, 6) is 0.851. The van der Waals surface area contributed by atoms with Gasteiger partial charge in [-0.1, -0.05) is 20.8 Å². The molecule has 1 aromatic carbocycles. The van der Waals surface area contributed by atoms with Gasteiger partial charge in [0.25, 0.3) is 11.5 Å². The van der Waals surface area contributed by atoms with Gasteiger partial charge in [-0.3, -0.25) is 15.8 Å². The second kappa shape index (κ2) is 6.41. The number of H-pyrrole nitrogens is 1. The zero-order valence-corrected chi connectivity index (χ0v) is 15.3. The first-order valence-corrected chi connectivity index (χ1v) is 8.73. The number of anilines is 1. The van der Waals surface area contributed by atoms with Gasteiger partial charge in [-0.25, -0.2) is 4.98 Å². The van der Waals surface area contributed by atoms with E-state index in [4.69, 9.17) is 5.73 Å². The number of nitrogen functional groups attached to an aromatic ring is 1. The third kappa shape index (κ3) is 3.13. The average molecular weight is 351 g/mol. The van der Waals surface area contributed by atoms with Crippen LogP contribution in [0.3, 0.4) is 0 Å². The van der Waals surface area contributed by atoms with Crippen LogP contribution in [0.15, 0.2) is 24.3 Å². The van der Waals surface area contributed by atoms with Gasteiger partial charge in [0.05, 0.1) is 4.92 Å². The van der Waals surface area contributed by atoms with Crippen molar-refractivity contribution in [2.75, 3.05) is 5.73 Å². The smallest absolute Gasteiger partial charge is 0.286 e. The van der Waals surface area contributed by atoms with Gasteiger partial charge >= 0.3 is 0 Å². The highest BCUT2D eigenvalue weighted by Crippen LogP contribution is 2.41. The van der Waals surface area contributed by atoms with E-state index in [1.165, 1.54) is 12.1 Å². The van der Waals surface area contributed by atoms with Crippen LogP contribution in [0.5, 0.6) is 0 Å². The molecule has 134 valence electrons. The third-order valence-electron chi connectivity index (χ3n) is 5.37. The van der Waals surface area contributed by atoms with Crippen LogP contribution in [-0.4, -0.2) is 4.92 Å². The van der Waals surface area contributed by atoms with E-state index in [-0.39, 0.29) is 11.1 Å². The lowest BCUT2D eigenvalue weighted by molar-refractivity contribution is -0.384. The van der Waals surface area contributed by atoms with Crippen LogP contribution < -0.4 is 10.7 Å². The van der Waals surface area contributed by atoms with E-state index in [1.807, 2.05) is 0 Å². The molecule has 1 aliphatic rings. The van der Waals surface area contributed by atoms with Crippen LogP contribution >= 0.6 is 0 Å². The monoisotopic (exact) mass is 351 g/mol. The van der Waals surface area contributed by atoms with Crippen molar-refractivity contribution in [3.05, 3.63) is 51.2 Å². The second-order valence-corrected chi connectivity index (χ2v) is 7.97. The standard InChI is InChI=1S/C20H22N4O2/c1-20(2,3)13-6-9-17-15(10-13)18(16(11-21)19(22)23-17)12-4-7-14(8-5-12)24(25)26/h4-5,7-8,13H,6,9-10H2,1-3H3,(H2,22,23)/p+1. The number of hydrogen-bond donors (Lipinski definition) is 1. The van der Waals surface area contributed by atoms with E-state index in [1.54, 1.807) is 12.1 Å². The number of benzene rings is 1. The number of nitro benzene ring substituents is 1. The Morgan fingerprint density at radius 1 is 1.31 bits per heavy atom. The molecular formula is C20H23N4O2+. The zero-order chi connectivity index (χ0) is 19.1. The van der Waals surface area contributed by atoms with Crippen LogP contribution in [0, 0.1) is 32.8 Å². The molecule has 0 aliphatic heterocycles. The highest BCUT2D eigenvalue weighted by Gasteiger charge is 2.34. The number of rotatable bonds is 2. The van der Waals surface area contributed by atoms with E-state index in [0.717, 1.165) is 41.6 Å². The summed E-state index contributed by atoms with van der Waals surface area (Å²) in [7, 11) is 0. The molecule has 26 heavy (non-hydrogen) atoms. The Morgan fingerprint density at radius 2 is 1.96 bits per heavy atom. The van der Waals surface area contributed by atoms with Crippen molar-refractivity contribution >= 4 is 11.5 Å². The predicted molar refractivity (Wildman–Crippen MR) is 99.2 cm³/mol. The summed E-state index contributed by atoms with van der Waals surface area (Å²) < 4.78 is 0. The summed E-state index contributed by atoms with van der Waals surface area (Å²) in [4.78, 5) is 13.7. The third-order valence-corrected chi connectivity index (χ3v) is 5.37. The highest BCUT2D eigenvalue weighted by atomic mass is 16.6. The summed E-state index contributed by atoms with van der Waals surface area (Å²) in [6, 6.07) is 8.56. The number of nitriles is 1. The highest BCUT2D eigenvalue weighted by molar-refractivity contribution is 5.78. The summed E-state index contributed by atoms with van der Waals surface area (Å²) in [6.45, 7) is 6.71. The van der Waals surface area contributed by atoms with Gasteiger partial charge in [-0.15, -0.1) is 0 Å². The fraction of sp³-hybridized carbons (Fsp3) is 0.400. The minimum atomic E-state index is -0.423. The number of nitrogens with one attached hydrogen (secondary N) is 1. The molecule has 0 saturated carbocycles. The molecule has 3 N–H and O–H groups in total. The molecule has 0 spiro atoms. The maximum absolute atomic E-state index is 10.9. The fourth-order valence-corrected chi connectivity index (χ4v) is 3.77. The van der Waals surface area contributed by atoms with Crippen molar-refractivity contribution in [3.63, 3.8) is 0 Å². The summed E-state index contributed by atoms with van der Waals surface area (Å²) in [6.07, 6.45) is 2.81. The van der Waals surface area contributed by atoms with E-state index < -0.39 is 4.92 Å². The molecule has 1 heterocycles. The Morgan fingerprint density at radius 3 is 2.50 bits per heavy atom. The number of nitro groups is 1. The van der Waals surface area contributed by atoms with Crippen LogP contribution in [0.1, 0.15) is 44.0 Å². The molecular weight excluding hydrogens is 328 g/mol. The average Bonchev–Trinajstić information content (AvgIpc) is 2.59. The van der Waals surface area contributed by atoms with Gasteiger partial charge in [-0.05, 0) is 41.9 Å². The maximum atomic E-state index is 10.9. The van der Waals surface area contributed by atoms with Crippen molar-refractivity contribution in [2.24, 2.45) is 11.3 Å². The number of pyridine rings is 1. The van der Waals surface area contributed by atoms with E-state index >= 15 is 0 Å². The summed E-state index contributed by atoms with van der Waals surface area (Å²) >= 11 is 0. The first-order chi connectivity index (χ1) is 12.2. The molecule has 0 amide bonds. The molecule has 6 nitrogen and oxygen atoms in total. The Bertz CT molecular complexity index is 905. The molecule has 1 unspecified atom stereocenters. The first kappa shape index (κ1) is 17.9. The molecule has 0 fully saturated rings. The van der Waals surface area contributed by atoms with Crippen molar-refractivity contribution in [3.8, 4) is 17.2 Å². The van der Waals surface area contributed by atoms with Gasteiger partial charge in [0.2, 0.25) is 0 Å². The lowest BCUT2D eigenvalue weighted by atomic mass is 9.70. The fourth-order valence-electron chi connectivity index (χ4n) is 3.77. The number of nitrogens with zero attached hydrogens (tertiary/aromatic N) is 2. The van der Waals surface area contributed by atoms with E-state index in [0.29, 0.717) is 17.3 Å². The maximum Gasteiger partial charge on any atom is 0.289 e. The van der Waals surface area contributed by atoms with Crippen molar-refractivity contribution < 1.29 is 9.91 Å². The minimum Gasteiger partial charge on any atom is -0.286 e. The first-order valence-electron chi connectivity index (χ1n) is 8.73. The van der Waals surface area contributed by atoms with Crippen LogP contribution in [0.25, 0.3) is 11.1 Å². The molecule has 6 heteroatoms. The number of fused-ring (bicyclic) bond motifs is 1. The van der Waals surface area contributed by atoms with E-state index in [2.05, 4.69) is 31.8 Å². The van der Waals surface area contributed by atoms with Crippen LogP contribution in [-0.2, 0) is 12.8 Å². The summed E-state index contributed by atoms with van der Waals surface area (Å²) in [5.41, 5.74) is 10.5. The predicted octanol–water partition coefficient (Wildman–Crippen LogP) is 3.68. The number of aryl methyl sites for hydroxylation is 1. The topological polar surface area (TPSA) is 107 Å². The molecule has 0 saturated heterocycles. The number of aromatic nitrogens is 1. The quantitative estimate of drug-likeness (QED) is 0.657. The molecule has 1 atom stereocenters. The molecule has 0 radical (unpaired) electrons. The zero-order valence-electron chi connectivity index (χ0n) is 15.3. The Kier molecular flexibility index (Phi) is 4.41. The SMILES string of the molecule is CC(C)(C)C1CCc2[nH+]c(N)c(C#N)c(-c3ccc([N+](=O)[O-])cc3)c2C1. The number of nitrogens with two attached hydrogens (primary N) is 1. The Balaban J connectivity index is 2.19. The van der Waals surface area contributed by atoms with Gasteiger partial charge in [-0.2, -0.15) is 5.26 Å². The number of aromatic amines is 1. The Labute approximate surface area is 152 Å². The van der Waals surface area contributed by atoms with Crippen LogP contribution in [0.2, 0.25) is 0 Å². The van der Waals surface area contributed by atoms with Crippen molar-refractivity contribution in [1.82, 2.24) is 0 Å². The number of hydrogen-bond acceptors (Lipinski definition) is 4. The normalized spacial score (nSPS) is 16.6. The molecule has 3 rings (SSSR count). The van der Waals surface area contributed by atoms with Crippen LogP contribution in [0.4, 0.5) is 11.5 Å². The lowest BCUT2D eigenvalue weighted by Gasteiger charge is -2.35.